The standard InChI is InChI=1S/C18H15BrN2O3S/c19-13-5-3-12(4-6-13)16-10-21(7-9-24-16)18(22)14-11-25-17(20-14)15-2-1-8-23-15/h1-6,8,11,16H,7,9-10H2. The Labute approximate surface area is 157 Å². The summed E-state index contributed by atoms with van der Waals surface area (Å²) in [5.74, 6) is 0.609. The zero-order chi connectivity index (χ0) is 17.2. The van der Waals surface area contributed by atoms with Gasteiger partial charge in [0.15, 0.2) is 10.8 Å². The van der Waals surface area contributed by atoms with Gasteiger partial charge in [-0.05, 0) is 29.8 Å². The minimum atomic E-state index is -0.117. The van der Waals surface area contributed by atoms with Crippen molar-refractivity contribution in [2.45, 2.75) is 6.10 Å². The van der Waals surface area contributed by atoms with E-state index >= 15 is 0 Å². The van der Waals surface area contributed by atoms with Gasteiger partial charge in [-0.2, -0.15) is 0 Å². The van der Waals surface area contributed by atoms with E-state index in [2.05, 4.69) is 20.9 Å². The van der Waals surface area contributed by atoms with E-state index in [0.29, 0.717) is 36.2 Å². The predicted octanol–water partition coefficient (Wildman–Crippen LogP) is 4.38. The largest absolute Gasteiger partial charge is 0.462 e. The van der Waals surface area contributed by atoms with Crippen molar-refractivity contribution in [1.82, 2.24) is 9.88 Å². The van der Waals surface area contributed by atoms with Gasteiger partial charge in [0.05, 0.1) is 19.4 Å². The lowest BCUT2D eigenvalue weighted by molar-refractivity contribution is -0.0229. The Morgan fingerprint density at radius 3 is 2.88 bits per heavy atom. The Kier molecular flexibility index (Phi) is 4.70. The van der Waals surface area contributed by atoms with Crippen molar-refractivity contribution < 1.29 is 13.9 Å². The molecule has 1 saturated heterocycles. The van der Waals surface area contributed by atoms with Crippen LogP contribution < -0.4 is 0 Å². The number of hydrogen-bond acceptors (Lipinski definition) is 5. The molecule has 7 heteroatoms. The van der Waals surface area contributed by atoms with Crippen LogP contribution in [0.1, 0.15) is 22.2 Å². The minimum absolute atomic E-state index is 0.0699. The van der Waals surface area contributed by atoms with Crippen LogP contribution in [0.5, 0.6) is 0 Å². The molecule has 1 aliphatic rings. The van der Waals surface area contributed by atoms with E-state index in [1.807, 2.05) is 36.4 Å². The first-order chi connectivity index (χ1) is 12.2. The summed E-state index contributed by atoms with van der Waals surface area (Å²) in [6.45, 7) is 1.61. The maximum Gasteiger partial charge on any atom is 0.273 e. The second-order valence-corrected chi connectivity index (χ2v) is 7.45. The van der Waals surface area contributed by atoms with Crippen molar-refractivity contribution in [3.05, 3.63) is 63.8 Å². The van der Waals surface area contributed by atoms with E-state index in [1.165, 1.54) is 11.3 Å². The number of rotatable bonds is 3. The van der Waals surface area contributed by atoms with Crippen LogP contribution in [0.2, 0.25) is 0 Å². The Morgan fingerprint density at radius 1 is 1.28 bits per heavy atom. The summed E-state index contributed by atoms with van der Waals surface area (Å²) in [6.07, 6.45) is 1.48. The summed E-state index contributed by atoms with van der Waals surface area (Å²) in [5, 5.41) is 2.50. The quantitative estimate of drug-likeness (QED) is 0.633. The molecule has 1 unspecified atom stereocenters. The zero-order valence-electron chi connectivity index (χ0n) is 13.2. The molecule has 1 atom stereocenters. The van der Waals surface area contributed by atoms with E-state index < -0.39 is 0 Å². The minimum Gasteiger partial charge on any atom is -0.462 e. The van der Waals surface area contributed by atoms with E-state index in [9.17, 15) is 4.79 Å². The summed E-state index contributed by atoms with van der Waals surface area (Å²) in [5.41, 5.74) is 1.52. The molecule has 3 heterocycles. The van der Waals surface area contributed by atoms with Crippen LogP contribution in [0.15, 0.2) is 56.9 Å². The highest BCUT2D eigenvalue weighted by molar-refractivity contribution is 9.10. The average Bonchev–Trinajstić information content (AvgIpc) is 3.33. The molecule has 0 bridgehead atoms. The first-order valence-electron chi connectivity index (χ1n) is 7.86. The molecule has 1 fully saturated rings. The molecule has 3 aromatic rings. The second kappa shape index (κ2) is 7.11. The average molecular weight is 419 g/mol. The van der Waals surface area contributed by atoms with Gasteiger partial charge in [-0.3, -0.25) is 4.79 Å². The summed E-state index contributed by atoms with van der Waals surface area (Å²) in [6, 6.07) is 11.6. The van der Waals surface area contributed by atoms with Gasteiger partial charge in [0.2, 0.25) is 0 Å². The van der Waals surface area contributed by atoms with Crippen LogP contribution in [0, 0.1) is 0 Å². The number of morpholine rings is 1. The molecule has 0 aliphatic carbocycles. The molecule has 128 valence electrons. The monoisotopic (exact) mass is 418 g/mol. The molecule has 5 nitrogen and oxygen atoms in total. The number of furan rings is 1. The number of aromatic nitrogens is 1. The van der Waals surface area contributed by atoms with E-state index in [4.69, 9.17) is 9.15 Å². The van der Waals surface area contributed by atoms with Gasteiger partial charge in [-0.1, -0.05) is 28.1 Å². The topological polar surface area (TPSA) is 55.6 Å². The SMILES string of the molecule is O=C(c1csc(-c2ccco2)n1)N1CCOC(c2ccc(Br)cc2)C1. The summed E-state index contributed by atoms with van der Waals surface area (Å²) < 4.78 is 12.2. The Morgan fingerprint density at radius 2 is 2.12 bits per heavy atom. The molecule has 2 aromatic heterocycles. The fraction of sp³-hybridized carbons (Fsp3) is 0.222. The number of carbonyl (C=O) groups excluding carboxylic acids is 1. The van der Waals surface area contributed by atoms with Crippen molar-refractivity contribution in [3.8, 4) is 10.8 Å². The molecule has 4 rings (SSSR count). The van der Waals surface area contributed by atoms with E-state index in [1.54, 1.807) is 16.5 Å². The highest BCUT2D eigenvalue weighted by atomic mass is 79.9. The van der Waals surface area contributed by atoms with Gasteiger partial charge < -0.3 is 14.1 Å². The number of carbonyl (C=O) groups is 1. The Hall–Kier alpha value is -1.96. The van der Waals surface area contributed by atoms with Gasteiger partial charge in [0.1, 0.15) is 11.8 Å². The third kappa shape index (κ3) is 3.53. The molecule has 0 spiro atoms. The number of nitrogens with zero attached hydrogens (tertiary/aromatic N) is 2. The maximum absolute atomic E-state index is 12.8. The first-order valence-corrected chi connectivity index (χ1v) is 9.54. The molecule has 1 amide bonds. The van der Waals surface area contributed by atoms with Gasteiger partial charge in [0, 0.05) is 16.4 Å². The lowest BCUT2D eigenvalue weighted by Crippen LogP contribution is -2.42. The van der Waals surface area contributed by atoms with Gasteiger partial charge in [-0.15, -0.1) is 11.3 Å². The molecule has 0 radical (unpaired) electrons. The van der Waals surface area contributed by atoms with Crippen molar-refractivity contribution in [3.63, 3.8) is 0 Å². The highest BCUT2D eigenvalue weighted by Crippen LogP contribution is 2.27. The molecular weight excluding hydrogens is 404 g/mol. The van der Waals surface area contributed by atoms with Crippen LogP contribution in [-0.4, -0.2) is 35.5 Å². The van der Waals surface area contributed by atoms with Crippen molar-refractivity contribution in [1.29, 1.82) is 0 Å². The van der Waals surface area contributed by atoms with Crippen LogP contribution >= 0.6 is 27.3 Å². The number of amides is 1. The molecule has 0 N–H and O–H groups in total. The first kappa shape index (κ1) is 16.5. The number of hydrogen-bond donors (Lipinski definition) is 0. The normalized spacial score (nSPS) is 17.6. The predicted molar refractivity (Wildman–Crippen MR) is 98.6 cm³/mol. The fourth-order valence-corrected chi connectivity index (χ4v) is 3.78. The van der Waals surface area contributed by atoms with Crippen LogP contribution in [0.3, 0.4) is 0 Å². The number of ether oxygens (including phenoxy) is 1. The number of halogens is 1. The zero-order valence-corrected chi connectivity index (χ0v) is 15.6. The van der Waals surface area contributed by atoms with Crippen molar-refractivity contribution in [2.24, 2.45) is 0 Å². The number of thiazole rings is 1. The Balaban J connectivity index is 1.49. The third-order valence-corrected chi connectivity index (χ3v) is 5.44. The van der Waals surface area contributed by atoms with Crippen LogP contribution in [0.25, 0.3) is 10.8 Å². The van der Waals surface area contributed by atoms with Crippen molar-refractivity contribution >= 4 is 33.2 Å². The molecule has 0 saturated carbocycles. The second-order valence-electron chi connectivity index (χ2n) is 5.68. The molecule has 1 aliphatic heterocycles. The summed E-state index contributed by atoms with van der Waals surface area (Å²) >= 11 is 4.84. The number of benzene rings is 1. The van der Waals surface area contributed by atoms with Crippen LogP contribution in [-0.2, 0) is 4.74 Å². The Bertz CT molecular complexity index is 861. The summed E-state index contributed by atoms with van der Waals surface area (Å²) in [4.78, 5) is 19.0. The van der Waals surface area contributed by atoms with Gasteiger partial charge in [0.25, 0.3) is 5.91 Å². The smallest absolute Gasteiger partial charge is 0.273 e. The van der Waals surface area contributed by atoms with Crippen LogP contribution in [0.4, 0.5) is 0 Å². The maximum atomic E-state index is 12.8. The van der Waals surface area contributed by atoms with E-state index in [0.717, 1.165) is 10.0 Å². The summed E-state index contributed by atoms with van der Waals surface area (Å²) in [7, 11) is 0. The van der Waals surface area contributed by atoms with Gasteiger partial charge >= 0.3 is 0 Å². The molecule has 1 aromatic carbocycles. The van der Waals surface area contributed by atoms with E-state index in [-0.39, 0.29) is 12.0 Å². The lowest BCUT2D eigenvalue weighted by Gasteiger charge is -2.32. The third-order valence-electron chi connectivity index (χ3n) is 4.05. The lowest BCUT2D eigenvalue weighted by atomic mass is 10.1. The van der Waals surface area contributed by atoms with Crippen molar-refractivity contribution in [2.75, 3.05) is 19.7 Å². The molecule has 25 heavy (non-hydrogen) atoms. The molecular formula is C18H15BrN2O3S. The fourth-order valence-electron chi connectivity index (χ4n) is 2.76. The highest BCUT2D eigenvalue weighted by Gasteiger charge is 2.27. The van der Waals surface area contributed by atoms with Gasteiger partial charge in [-0.25, -0.2) is 4.98 Å².